The lowest BCUT2D eigenvalue weighted by molar-refractivity contribution is -0.0296. The SMILES string of the molecule is CN1CCOC(Cn2nc(N)cc2C(C)(C)C)C1. The molecule has 0 spiro atoms. The average molecular weight is 252 g/mol. The van der Waals surface area contributed by atoms with E-state index >= 15 is 0 Å². The highest BCUT2D eigenvalue weighted by Crippen LogP contribution is 2.24. The van der Waals surface area contributed by atoms with Crippen LogP contribution in [0.5, 0.6) is 0 Å². The molecule has 1 aromatic heterocycles. The molecule has 1 aliphatic heterocycles. The van der Waals surface area contributed by atoms with Crippen LogP contribution in [0.1, 0.15) is 26.5 Å². The first-order chi connectivity index (χ1) is 8.36. The Morgan fingerprint density at radius 2 is 2.22 bits per heavy atom. The lowest BCUT2D eigenvalue weighted by Gasteiger charge is -2.31. The zero-order valence-corrected chi connectivity index (χ0v) is 11.8. The molecule has 1 aliphatic rings. The molecule has 5 heteroatoms. The molecule has 1 unspecified atom stereocenters. The van der Waals surface area contributed by atoms with Crippen molar-refractivity contribution < 1.29 is 4.74 Å². The van der Waals surface area contributed by atoms with Crippen LogP contribution in [0.2, 0.25) is 0 Å². The van der Waals surface area contributed by atoms with Gasteiger partial charge >= 0.3 is 0 Å². The minimum Gasteiger partial charge on any atom is -0.382 e. The van der Waals surface area contributed by atoms with Crippen molar-refractivity contribution in [2.75, 3.05) is 32.5 Å². The molecule has 2 rings (SSSR count). The van der Waals surface area contributed by atoms with Crippen LogP contribution in [0, 0.1) is 0 Å². The highest BCUT2D eigenvalue weighted by atomic mass is 16.5. The van der Waals surface area contributed by atoms with E-state index < -0.39 is 0 Å². The third-order valence-electron chi connectivity index (χ3n) is 3.29. The number of morpholine rings is 1. The van der Waals surface area contributed by atoms with Crippen molar-refractivity contribution in [3.63, 3.8) is 0 Å². The van der Waals surface area contributed by atoms with Crippen LogP contribution in [0.3, 0.4) is 0 Å². The maximum atomic E-state index is 5.83. The molecule has 1 aromatic rings. The molecule has 102 valence electrons. The van der Waals surface area contributed by atoms with Gasteiger partial charge in [0.05, 0.1) is 19.3 Å². The first kappa shape index (κ1) is 13.4. The van der Waals surface area contributed by atoms with Gasteiger partial charge < -0.3 is 15.4 Å². The number of hydrogen-bond donors (Lipinski definition) is 1. The normalized spacial score (nSPS) is 22.3. The number of hydrogen-bond acceptors (Lipinski definition) is 4. The Kier molecular flexibility index (Phi) is 3.64. The maximum absolute atomic E-state index is 5.83. The van der Waals surface area contributed by atoms with E-state index in [9.17, 15) is 0 Å². The van der Waals surface area contributed by atoms with Gasteiger partial charge in [0, 0.05) is 30.3 Å². The van der Waals surface area contributed by atoms with E-state index in [2.05, 4.69) is 37.8 Å². The number of rotatable bonds is 2. The fraction of sp³-hybridized carbons (Fsp3) is 0.769. The van der Waals surface area contributed by atoms with Gasteiger partial charge in [-0.05, 0) is 7.05 Å². The summed E-state index contributed by atoms with van der Waals surface area (Å²) < 4.78 is 7.79. The summed E-state index contributed by atoms with van der Waals surface area (Å²) in [5.41, 5.74) is 7.04. The molecule has 0 radical (unpaired) electrons. The van der Waals surface area contributed by atoms with E-state index in [4.69, 9.17) is 10.5 Å². The molecule has 18 heavy (non-hydrogen) atoms. The van der Waals surface area contributed by atoms with E-state index in [-0.39, 0.29) is 11.5 Å². The predicted molar refractivity (Wildman–Crippen MR) is 72.6 cm³/mol. The van der Waals surface area contributed by atoms with Gasteiger partial charge in [-0.3, -0.25) is 4.68 Å². The summed E-state index contributed by atoms with van der Waals surface area (Å²) in [5, 5.41) is 4.39. The second-order valence-corrected chi connectivity index (χ2v) is 6.14. The Morgan fingerprint density at radius 3 is 2.83 bits per heavy atom. The van der Waals surface area contributed by atoms with Crippen molar-refractivity contribution in [1.82, 2.24) is 14.7 Å². The van der Waals surface area contributed by atoms with E-state index in [1.165, 1.54) is 0 Å². The highest BCUT2D eigenvalue weighted by Gasteiger charge is 2.24. The van der Waals surface area contributed by atoms with Crippen LogP contribution in [0.25, 0.3) is 0 Å². The Morgan fingerprint density at radius 1 is 1.50 bits per heavy atom. The highest BCUT2D eigenvalue weighted by molar-refractivity contribution is 5.32. The first-order valence-electron chi connectivity index (χ1n) is 6.50. The van der Waals surface area contributed by atoms with E-state index in [0.29, 0.717) is 5.82 Å². The van der Waals surface area contributed by atoms with Gasteiger partial charge in [-0.1, -0.05) is 20.8 Å². The molecule has 0 aromatic carbocycles. The second-order valence-electron chi connectivity index (χ2n) is 6.14. The summed E-state index contributed by atoms with van der Waals surface area (Å²) in [6.07, 6.45) is 0.198. The maximum Gasteiger partial charge on any atom is 0.145 e. The molecule has 0 saturated carbocycles. The summed E-state index contributed by atoms with van der Waals surface area (Å²) in [6, 6.07) is 1.96. The van der Waals surface area contributed by atoms with Crippen molar-refractivity contribution >= 4 is 5.82 Å². The lowest BCUT2D eigenvalue weighted by atomic mass is 9.92. The van der Waals surface area contributed by atoms with Gasteiger partial charge in [0.1, 0.15) is 5.82 Å². The molecule has 2 N–H and O–H groups in total. The number of nitrogens with two attached hydrogens (primary N) is 1. The summed E-state index contributed by atoms with van der Waals surface area (Å²) in [5.74, 6) is 0.587. The van der Waals surface area contributed by atoms with Gasteiger partial charge in [0.2, 0.25) is 0 Å². The van der Waals surface area contributed by atoms with Gasteiger partial charge in [0.25, 0.3) is 0 Å². The van der Waals surface area contributed by atoms with Crippen LogP contribution < -0.4 is 5.73 Å². The third kappa shape index (κ3) is 3.03. The Hall–Kier alpha value is -1.07. The minimum atomic E-state index is 0.0468. The standard InChI is InChI=1S/C13H24N4O/c1-13(2,3)11-7-12(14)15-17(11)9-10-8-16(4)5-6-18-10/h7,10H,5-6,8-9H2,1-4H3,(H2,14,15). The van der Waals surface area contributed by atoms with E-state index in [1.54, 1.807) is 0 Å². The summed E-state index contributed by atoms with van der Waals surface area (Å²) in [6.45, 7) is 10.0. The van der Waals surface area contributed by atoms with Gasteiger partial charge in [-0.15, -0.1) is 0 Å². The number of ether oxygens (including phenoxy) is 1. The van der Waals surface area contributed by atoms with Crippen molar-refractivity contribution in [2.24, 2.45) is 0 Å². The molecule has 1 atom stereocenters. The lowest BCUT2D eigenvalue weighted by Crippen LogP contribution is -2.42. The smallest absolute Gasteiger partial charge is 0.145 e. The predicted octanol–water partition coefficient (Wildman–Crippen LogP) is 1.09. The molecular weight excluding hydrogens is 228 g/mol. The van der Waals surface area contributed by atoms with E-state index in [0.717, 1.165) is 31.9 Å². The summed E-state index contributed by atoms with van der Waals surface area (Å²) in [4.78, 5) is 2.29. The molecular formula is C13H24N4O. The Balaban J connectivity index is 2.13. The number of aromatic nitrogens is 2. The molecule has 1 saturated heterocycles. The average Bonchev–Trinajstić information content (AvgIpc) is 2.59. The molecule has 0 bridgehead atoms. The van der Waals surface area contributed by atoms with Crippen LogP contribution in [0.4, 0.5) is 5.82 Å². The van der Waals surface area contributed by atoms with Crippen molar-refractivity contribution in [2.45, 2.75) is 38.8 Å². The quantitative estimate of drug-likeness (QED) is 0.856. The zero-order chi connectivity index (χ0) is 13.3. The molecule has 2 heterocycles. The third-order valence-corrected chi connectivity index (χ3v) is 3.29. The van der Waals surface area contributed by atoms with Crippen LogP contribution in [-0.4, -0.2) is 47.5 Å². The second kappa shape index (κ2) is 4.90. The van der Waals surface area contributed by atoms with Crippen LogP contribution in [0.15, 0.2) is 6.07 Å². The molecule has 5 nitrogen and oxygen atoms in total. The number of anilines is 1. The monoisotopic (exact) mass is 252 g/mol. The van der Waals surface area contributed by atoms with E-state index in [1.807, 2.05) is 10.7 Å². The first-order valence-corrected chi connectivity index (χ1v) is 6.50. The van der Waals surface area contributed by atoms with Crippen molar-refractivity contribution in [3.05, 3.63) is 11.8 Å². The number of nitrogen functional groups attached to an aromatic ring is 1. The Labute approximate surface area is 109 Å². The van der Waals surface area contributed by atoms with Crippen molar-refractivity contribution in [1.29, 1.82) is 0 Å². The fourth-order valence-corrected chi connectivity index (χ4v) is 2.35. The molecule has 0 amide bonds. The van der Waals surface area contributed by atoms with Crippen LogP contribution >= 0.6 is 0 Å². The minimum absolute atomic E-state index is 0.0468. The van der Waals surface area contributed by atoms with Gasteiger partial charge in [0.15, 0.2) is 0 Å². The van der Waals surface area contributed by atoms with Gasteiger partial charge in [-0.2, -0.15) is 5.10 Å². The zero-order valence-electron chi connectivity index (χ0n) is 11.8. The Bertz CT molecular complexity index is 408. The summed E-state index contributed by atoms with van der Waals surface area (Å²) in [7, 11) is 2.12. The largest absolute Gasteiger partial charge is 0.382 e. The molecule has 0 aliphatic carbocycles. The number of likely N-dealkylation sites (N-methyl/N-ethyl adjacent to an activating group) is 1. The number of nitrogens with zero attached hydrogens (tertiary/aromatic N) is 3. The summed E-state index contributed by atoms with van der Waals surface area (Å²) >= 11 is 0. The van der Waals surface area contributed by atoms with Crippen molar-refractivity contribution in [3.8, 4) is 0 Å². The van der Waals surface area contributed by atoms with Gasteiger partial charge in [-0.25, -0.2) is 0 Å². The van der Waals surface area contributed by atoms with Crippen LogP contribution in [-0.2, 0) is 16.7 Å². The fourth-order valence-electron chi connectivity index (χ4n) is 2.35. The molecule has 1 fully saturated rings. The topological polar surface area (TPSA) is 56.3 Å².